The molecule has 0 spiro atoms. The molecule has 0 bridgehead atoms. The molecule has 0 fully saturated rings. The highest BCUT2D eigenvalue weighted by atomic mass is 16.7. The van der Waals surface area contributed by atoms with E-state index in [1.165, 1.54) is 0 Å². The number of rotatable bonds is 0. The molecule has 4 nitrogen and oxygen atoms in total. The summed E-state index contributed by atoms with van der Waals surface area (Å²) in [5.74, 6) is 0.615. The molecule has 0 saturated heterocycles. The number of aliphatic imine (C=N–C) groups is 1. The third-order valence-corrected chi connectivity index (χ3v) is 0.795. The molecule has 0 aromatic heterocycles. The molecule has 4 heteroatoms. The highest BCUT2D eigenvalue weighted by Gasteiger charge is 2.06. The summed E-state index contributed by atoms with van der Waals surface area (Å²) in [4.78, 5) is 8.38. The van der Waals surface area contributed by atoms with Crippen LogP contribution in [-0.2, 0) is 4.84 Å². The quantitative estimate of drug-likeness (QED) is 0.438. The zero-order chi connectivity index (χ0) is 5.98. The van der Waals surface area contributed by atoms with E-state index in [1.54, 1.807) is 6.92 Å². The molecule has 1 aliphatic heterocycles. The largest absolute Gasteiger partial charge is 0.369 e. The van der Waals surface area contributed by atoms with Gasteiger partial charge in [-0.1, -0.05) is 0 Å². The molecular formula is C4H8N2O2. The first-order valence-corrected chi connectivity index (χ1v) is 2.39. The second kappa shape index (κ2) is 2.11. The molecule has 1 atom stereocenters. The summed E-state index contributed by atoms with van der Waals surface area (Å²) in [7, 11) is 0. The number of hydrogen-bond donors (Lipinski definition) is 2. The van der Waals surface area contributed by atoms with E-state index >= 15 is 0 Å². The summed E-state index contributed by atoms with van der Waals surface area (Å²) in [6, 6.07) is 0. The predicted octanol–water partition coefficient (Wildman–Crippen LogP) is -0.742. The van der Waals surface area contributed by atoms with Crippen LogP contribution in [0, 0.1) is 0 Å². The minimum atomic E-state index is -0.684. The van der Waals surface area contributed by atoms with Crippen LogP contribution in [0.15, 0.2) is 4.99 Å². The molecule has 1 unspecified atom stereocenters. The van der Waals surface area contributed by atoms with Gasteiger partial charge < -0.3 is 5.11 Å². The molecule has 1 aliphatic rings. The maximum Gasteiger partial charge on any atom is 0.173 e. The van der Waals surface area contributed by atoms with Crippen LogP contribution in [0.25, 0.3) is 0 Å². The number of aliphatic hydroxyl groups is 1. The molecule has 0 radical (unpaired) electrons. The monoisotopic (exact) mass is 116 g/mol. The molecule has 0 aromatic carbocycles. The second-order valence-corrected chi connectivity index (χ2v) is 1.61. The Morgan fingerprint density at radius 3 is 3.12 bits per heavy atom. The van der Waals surface area contributed by atoms with Gasteiger partial charge in [0.25, 0.3) is 0 Å². The van der Waals surface area contributed by atoms with E-state index < -0.39 is 6.23 Å². The van der Waals surface area contributed by atoms with Gasteiger partial charge in [0.05, 0.1) is 0 Å². The average molecular weight is 116 g/mol. The fourth-order valence-electron chi connectivity index (χ4n) is 0.508. The van der Waals surface area contributed by atoms with Crippen molar-refractivity contribution in [2.24, 2.45) is 4.99 Å². The van der Waals surface area contributed by atoms with Crippen molar-refractivity contribution in [3.05, 3.63) is 0 Å². The Morgan fingerprint density at radius 1 is 2.00 bits per heavy atom. The Morgan fingerprint density at radius 2 is 2.75 bits per heavy atom. The van der Waals surface area contributed by atoms with Gasteiger partial charge in [0, 0.05) is 0 Å². The summed E-state index contributed by atoms with van der Waals surface area (Å²) >= 11 is 0. The number of hydroxylamine groups is 1. The zero-order valence-electron chi connectivity index (χ0n) is 4.59. The van der Waals surface area contributed by atoms with E-state index in [2.05, 4.69) is 15.3 Å². The van der Waals surface area contributed by atoms with Crippen LogP contribution in [-0.4, -0.2) is 23.8 Å². The lowest BCUT2D eigenvalue weighted by Crippen LogP contribution is -2.32. The SMILES string of the molecule is CC1=NC(O)CON1. The number of nitrogens with one attached hydrogen (secondary N) is 1. The van der Waals surface area contributed by atoms with Crippen molar-refractivity contribution in [3.63, 3.8) is 0 Å². The second-order valence-electron chi connectivity index (χ2n) is 1.61. The standard InChI is InChI=1S/C4H8N2O2/c1-3-5-4(7)2-8-6-3/h4,7H,2H2,1H3,(H,5,6). The van der Waals surface area contributed by atoms with Crippen molar-refractivity contribution < 1.29 is 9.94 Å². The van der Waals surface area contributed by atoms with E-state index in [9.17, 15) is 0 Å². The minimum Gasteiger partial charge on any atom is -0.369 e. The maximum absolute atomic E-state index is 8.73. The molecule has 0 amide bonds. The van der Waals surface area contributed by atoms with Crippen molar-refractivity contribution in [2.45, 2.75) is 13.2 Å². The van der Waals surface area contributed by atoms with Crippen LogP contribution >= 0.6 is 0 Å². The smallest absolute Gasteiger partial charge is 0.173 e. The van der Waals surface area contributed by atoms with Crippen LogP contribution in [0.2, 0.25) is 0 Å². The Balaban J connectivity index is 2.50. The van der Waals surface area contributed by atoms with Gasteiger partial charge in [-0.15, -0.1) is 0 Å². The van der Waals surface area contributed by atoms with Gasteiger partial charge >= 0.3 is 0 Å². The van der Waals surface area contributed by atoms with Gasteiger partial charge in [0.2, 0.25) is 0 Å². The van der Waals surface area contributed by atoms with E-state index in [0.29, 0.717) is 5.84 Å². The fourth-order valence-corrected chi connectivity index (χ4v) is 0.508. The summed E-state index contributed by atoms with van der Waals surface area (Å²) in [5, 5.41) is 8.73. The first kappa shape index (κ1) is 5.53. The van der Waals surface area contributed by atoms with Gasteiger partial charge in [-0.2, -0.15) is 0 Å². The predicted molar refractivity (Wildman–Crippen MR) is 28.2 cm³/mol. The van der Waals surface area contributed by atoms with Gasteiger partial charge in [0.15, 0.2) is 6.23 Å². The molecular weight excluding hydrogens is 108 g/mol. The van der Waals surface area contributed by atoms with Crippen molar-refractivity contribution in [1.82, 2.24) is 5.48 Å². The summed E-state index contributed by atoms with van der Waals surface area (Å²) < 4.78 is 0. The molecule has 0 aromatic rings. The number of hydrogen-bond acceptors (Lipinski definition) is 4. The van der Waals surface area contributed by atoms with E-state index in [4.69, 9.17) is 5.11 Å². The molecule has 2 N–H and O–H groups in total. The summed E-state index contributed by atoms with van der Waals surface area (Å²) in [6.45, 7) is 1.96. The zero-order valence-corrected chi connectivity index (χ0v) is 4.59. The van der Waals surface area contributed by atoms with Gasteiger partial charge in [-0.25, -0.2) is 4.99 Å². The third-order valence-electron chi connectivity index (χ3n) is 0.795. The Bertz CT molecular complexity index is 113. The topological polar surface area (TPSA) is 53.9 Å². The lowest BCUT2D eigenvalue weighted by atomic mass is 10.6. The first-order valence-electron chi connectivity index (χ1n) is 2.39. The van der Waals surface area contributed by atoms with E-state index in [1.807, 2.05) is 0 Å². The molecule has 1 heterocycles. The summed E-state index contributed by atoms with van der Waals surface area (Å²) in [5.41, 5.74) is 2.50. The first-order chi connectivity index (χ1) is 3.79. The lowest BCUT2D eigenvalue weighted by Gasteiger charge is -2.14. The van der Waals surface area contributed by atoms with Crippen molar-refractivity contribution in [1.29, 1.82) is 0 Å². The molecule has 0 saturated carbocycles. The van der Waals surface area contributed by atoms with E-state index in [0.717, 1.165) is 0 Å². The van der Waals surface area contributed by atoms with Gasteiger partial charge in [0.1, 0.15) is 12.4 Å². The van der Waals surface area contributed by atoms with Crippen molar-refractivity contribution in [3.8, 4) is 0 Å². The normalized spacial score (nSPS) is 28.8. The van der Waals surface area contributed by atoms with E-state index in [-0.39, 0.29) is 6.61 Å². The van der Waals surface area contributed by atoms with Crippen molar-refractivity contribution >= 4 is 5.84 Å². The molecule has 1 rings (SSSR count). The minimum absolute atomic E-state index is 0.233. The molecule has 0 aliphatic carbocycles. The Hall–Kier alpha value is -0.610. The average Bonchev–Trinajstić information content (AvgIpc) is 1.64. The Kier molecular flexibility index (Phi) is 1.45. The fraction of sp³-hybridized carbons (Fsp3) is 0.750. The highest BCUT2D eigenvalue weighted by Crippen LogP contribution is 1.91. The number of amidine groups is 1. The highest BCUT2D eigenvalue weighted by molar-refractivity contribution is 5.78. The van der Waals surface area contributed by atoms with Crippen LogP contribution in [0.3, 0.4) is 0 Å². The Labute approximate surface area is 47.1 Å². The van der Waals surface area contributed by atoms with Crippen molar-refractivity contribution in [2.75, 3.05) is 6.61 Å². The maximum atomic E-state index is 8.73. The summed E-state index contributed by atoms with van der Waals surface area (Å²) in [6.07, 6.45) is -0.684. The lowest BCUT2D eigenvalue weighted by molar-refractivity contribution is -0.00386. The van der Waals surface area contributed by atoms with Crippen LogP contribution in [0.1, 0.15) is 6.92 Å². The van der Waals surface area contributed by atoms with Crippen LogP contribution in [0.5, 0.6) is 0 Å². The number of nitrogens with zero attached hydrogens (tertiary/aromatic N) is 1. The molecule has 46 valence electrons. The number of aliphatic hydroxyl groups excluding tert-OH is 1. The third kappa shape index (κ3) is 1.18. The van der Waals surface area contributed by atoms with Crippen LogP contribution in [0.4, 0.5) is 0 Å². The van der Waals surface area contributed by atoms with Crippen LogP contribution < -0.4 is 5.48 Å². The van der Waals surface area contributed by atoms with Gasteiger partial charge in [-0.3, -0.25) is 10.3 Å². The van der Waals surface area contributed by atoms with Gasteiger partial charge in [-0.05, 0) is 6.92 Å². The molecule has 8 heavy (non-hydrogen) atoms.